The van der Waals surface area contributed by atoms with E-state index in [4.69, 9.17) is 4.42 Å². The topological polar surface area (TPSA) is 50.4 Å². The van der Waals surface area contributed by atoms with Gasteiger partial charge < -0.3 is 9.52 Å². The molecule has 2 aromatic rings. The van der Waals surface area contributed by atoms with E-state index >= 15 is 0 Å². The first-order chi connectivity index (χ1) is 7.66. The van der Waals surface area contributed by atoms with Crippen molar-refractivity contribution in [3.8, 4) is 5.75 Å². The van der Waals surface area contributed by atoms with Gasteiger partial charge in [0.1, 0.15) is 17.1 Å². The largest absolute Gasteiger partial charge is 0.508 e. The van der Waals surface area contributed by atoms with Crippen molar-refractivity contribution < 1.29 is 9.52 Å². The lowest BCUT2D eigenvalue weighted by Gasteiger charge is -2.05. The van der Waals surface area contributed by atoms with E-state index in [2.05, 4.69) is 0 Å². The van der Waals surface area contributed by atoms with Crippen molar-refractivity contribution in [3.63, 3.8) is 0 Å². The third-order valence-corrected chi connectivity index (χ3v) is 3.09. The van der Waals surface area contributed by atoms with Gasteiger partial charge in [-0.05, 0) is 31.9 Å². The number of hydrogen-bond donors (Lipinski definition) is 1. The molecule has 82 valence electrons. The van der Waals surface area contributed by atoms with Crippen molar-refractivity contribution >= 4 is 11.0 Å². The summed E-state index contributed by atoms with van der Waals surface area (Å²) in [6, 6.07) is 4.62. The number of hydrogen-bond acceptors (Lipinski definition) is 3. The molecule has 3 heteroatoms. The van der Waals surface area contributed by atoms with Crippen molar-refractivity contribution in [3.05, 3.63) is 39.7 Å². The number of phenols is 1. The summed E-state index contributed by atoms with van der Waals surface area (Å²) >= 11 is 0. The van der Waals surface area contributed by atoms with Crippen LogP contribution in [0.2, 0.25) is 0 Å². The molecule has 1 heterocycles. The fraction of sp³-hybridized carbons (Fsp3) is 0.308. The van der Waals surface area contributed by atoms with Gasteiger partial charge in [0.2, 0.25) is 0 Å². The van der Waals surface area contributed by atoms with Gasteiger partial charge in [0.05, 0.1) is 5.39 Å². The van der Waals surface area contributed by atoms with Crippen LogP contribution in [0.25, 0.3) is 11.0 Å². The highest BCUT2D eigenvalue weighted by Gasteiger charge is 2.29. The van der Waals surface area contributed by atoms with Crippen molar-refractivity contribution in [1.82, 2.24) is 0 Å². The molecule has 0 radical (unpaired) electrons. The van der Waals surface area contributed by atoms with E-state index in [1.807, 2.05) is 6.92 Å². The molecule has 0 amide bonds. The third kappa shape index (κ3) is 1.32. The minimum atomic E-state index is 0.0168. The van der Waals surface area contributed by atoms with E-state index in [9.17, 15) is 9.90 Å². The number of aromatic hydroxyl groups is 1. The average molecular weight is 216 g/mol. The Morgan fingerprint density at radius 3 is 2.81 bits per heavy atom. The molecule has 1 aliphatic carbocycles. The second kappa shape index (κ2) is 3.11. The van der Waals surface area contributed by atoms with E-state index in [0.717, 1.165) is 18.6 Å². The Kier molecular flexibility index (Phi) is 1.84. The van der Waals surface area contributed by atoms with Gasteiger partial charge in [0, 0.05) is 17.5 Å². The van der Waals surface area contributed by atoms with E-state index in [1.54, 1.807) is 6.07 Å². The van der Waals surface area contributed by atoms with Crippen LogP contribution in [-0.2, 0) is 0 Å². The molecular formula is C13H12O3. The van der Waals surface area contributed by atoms with Crippen LogP contribution in [-0.4, -0.2) is 5.11 Å². The number of benzene rings is 1. The first-order valence-electron chi connectivity index (χ1n) is 5.43. The molecule has 3 rings (SSSR count). The van der Waals surface area contributed by atoms with Crippen LogP contribution >= 0.6 is 0 Å². The Morgan fingerprint density at radius 1 is 1.38 bits per heavy atom. The molecule has 1 saturated carbocycles. The van der Waals surface area contributed by atoms with Crippen molar-refractivity contribution in [2.24, 2.45) is 0 Å². The summed E-state index contributed by atoms with van der Waals surface area (Å²) < 4.78 is 5.72. The van der Waals surface area contributed by atoms with Gasteiger partial charge in [-0.25, -0.2) is 0 Å². The highest BCUT2D eigenvalue weighted by molar-refractivity contribution is 5.78. The normalized spacial score (nSPS) is 15.6. The van der Waals surface area contributed by atoms with E-state index < -0.39 is 0 Å². The van der Waals surface area contributed by atoms with E-state index in [-0.39, 0.29) is 11.2 Å². The zero-order valence-corrected chi connectivity index (χ0v) is 8.99. The molecule has 1 aromatic carbocycles. The SMILES string of the molecule is Cc1c(C2CC2)oc2cc(O)ccc2c1=O. The zero-order valence-electron chi connectivity index (χ0n) is 8.99. The minimum Gasteiger partial charge on any atom is -0.508 e. The van der Waals surface area contributed by atoms with Gasteiger partial charge in [0.15, 0.2) is 5.43 Å². The standard InChI is InChI=1S/C13H12O3/c1-7-12(15)10-5-4-9(14)6-11(10)16-13(7)8-2-3-8/h4-6,8,14H,2-3H2,1H3. The quantitative estimate of drug-likeness (QED) is 0.797. The van der Waals surface area contributed by atoms with Crippen molar-refractivity contribution in [2.45, 2.75) is 25.7 Å². The molecule has 0 saturated heterocycles. The second-order valence-corrected chi connectivity index (χ2v) is 4.38. The van der Waals surface area contributed by atoms with Gasteiger partial charge >= 0.3 is 0 Å². The molecule has 1 fully saturated rings. The minimum absolute atomic E-state index is 0.0168. The lowest BCUT2D eigenvalue weighted by atomic mass is 10.1. The highest BCUT2D eigenvalue weighted by Crippen LogP contribution is 2.41. The Morgan fingerprint density at radius 2 is 2.12 bits per heavy atom. The van der Waals surface area contributed by atoms with Crippen LogP contribution in [0, 0.1) is 6.92 Å². The summed E-state index contributed by atoms with van der Waals surface area (Å²) in [4.78, 5) is 12.1. The molecule has 0 aliphatic heterocycles. The first kappa shape index (κ1) is 9.46. The maximum Gasteiger partial charge on any atom is 0.195 e. The zero-order chi connectivity index (χ0) is 11.3. The maximum atomic E-state index is 12.1. The van der Waals surface area contributed by atoms with Crippen molar-refractivity contribution in [1.29, 1.82) is 0 Å². The second-order valence-electron chi connectivity index (χ2n) is 4.38. The molecule has 1 aliphatic rings. The number of rotatable bonds is 1. The Hall–Kier alpha value is -1.77. The first-order valence-corrected chi connectivity index (χ1v) is 5.43. The van der Waals surface area contributed by atoms with Crippen LogP contribution in [0.5, 0.6) is 5.75 Å². The van der Waals surface area contributed by atoms with Gasteiger partial charge in [-0.1, -0.05) is 0 Å². The molecule has 0 unspecified atom stereocenters. The summed E-state index contributed by atoms with van der Waals surface area (Å²) in [5.74, 6) is 1.32. The number of phenolic OH excluding ortho intramolecular Hbond substituents is 1. The molecule has 0 atom stereocenters. The molecule has 1 N–H and O–H groups in total. The van der Waals surface area contributed by atoms with Gasteiger partial charge in [-0.15, -0.1) is 0 Å². The fourth-order valence-corrected chi connectivity index (χ4v) is 2.03. The summed E-state index contributed by atoms with van der Waals surface area (Å²) in [6.07, 6.45) is 2.18. The predicted molar refractivity (Wildman–Crippen MR) is 60.9 cm³/mol. The molecule has 1 aromatic heterocycles. The van der Waals surface area contributed by atoms with Crippen LogP contribution in [0.4, 0.5) is 0 Å². The Labute approximate surface area is 92.3 Å². The molecule has 0 spiro atoms. The van der Waals surface area contributed by atoms with E-state index in [0.29, 0.717) is 22.5 Å². The highest BCUT2D eigenvalue weighted by atomic mass is 16.3. The average Bonchev–Trinajstić information content (AvgIpc) is 3.07. The Bertz CT molecular complexity index is 621. The summed E-state index contributed by atoms with van der Waals surface area (Å²) in [5, 5.41) is 9.91. The van der Waals surface area contributed by atoms with Crippen molar-refractivity contribution in [2.75, 3.05) is 0 Å². The van der Waals surface area contributed by atoms with Crippen LogP contribution in [0.15, 0.2) is 27.4 Å². The lowest BCUT2D eigenvalue weighted by Crippen LogP contribution is -2.08. The van der Waals surface area contributed by atoms with Crippen LogP contribution < -0.4 is 5.43 Å². The molecule has 0 bridgehead atoms. The number of fused-ring (bicyclic) bond motifs is 1. The third-order valence-electron chi connectivity index (χ3n) is 3.09. The summed E-state index contributed by atoms with van der Waals surface area (Å²) in [7, 11) is 0. The predicted octanol–water partition coefficient (Wildman–Crippen LogP) is 2.68. The maximum absolute atomic E-state index is 12.1. The van der Waals surface area contributed by atoms with Gasteiger partial charge in [-0.2, -0.15) is 0 Å². The van der Waals surface area contributed by atoms with Crippen LogP contribution in [0.1, 0.15) is 30.1 Å². The monoisotopic (exact) mass is 216 g/mol. The molecular weight excluding hydrogens is 204 g/mol. The smallest absolute Gasteiger partial charge is 0.195 e. The fourth-order valence-electron chi connectivity index (χ4n) is 2.03. The summed E-state index contributed by atoms with van der Waals surface area (Å²) in [6.45, 7) is 1.81. The molecule has 3 nitrogen and oxygen atoms in total. The lowest BCUT2D eigenvalue weighted by molar-refractivity contribution is 0.472. The van der Waals surface area contributed by atoms with Gasteiger partial charge in [-0.3, -0.25) is 4.79 Å². The molecule has 16 heavy (non-hydrogen) atoms. The summed E-state index contributed by atoms with van der Waals surface area (Å²) in [5.41, 5.74) is 1.21. The van der Waals surface area contributed by atoms with Gasteiger partial charge in [0.25, 0.3) is 0 Å². The Balaban J connectivity index is 2.38. The van der Waals surface area contributed by atoms with E-state index in [1.165, 1.54) is 12.1 Å². The van der Waals surface area contributed by atoms with Crippen LogP contribution in [0.3, 0.4) is 0 Å².